The average Bonchev–Trinajstić information content (AvgIpc) is 4.22. The monoisotopic (exact) mass is 1050 g/mol. The zero-order valence-electron chi connectivity index (χ0n) is 43.9. The number of carbonyl (C=O) groups is 1. The lowest BCUT2D eigenvalue weighted by Gasteiger charge is -2.37. The quantitative estimate of drug-likeness (QED) is 0.0568. The summed E-state index contributed by atoms with van der Waals surface area (Å²) in [4.78, 5) is 28.5. The number of methoxy groups -OCH3 is 5. The van der Waals surface area contributed by atoms with Crippen molar-refractivity contribution in [2.45, 2.75) is 48.8 Å². The summed E-state index contributed by atoms with van der Waals surface area (Å²) in [6.45, 7) is 0.866. The van der Waals surface area contributed by atoms with Crippen molar-refractivity contribution in [1.29, 1.82) is 0 Å². The van der Waals surface area contributed by atoms with Gasteiger partial charge in [0.1, 0.15) is 46.8 Å². The molecule has 2 aromatic heterocycles. The number of imidazole rings is 1. The van der Waals surface area contributed by atoms with E-state index in [1.165, 1.54) is 24.9 Å². The van der Waals surface area contributed by atoms with E-state index in [0.29, 0.717) is 28.6 Å². The van der Waals surface area contributed by atoms with Gasteiger partial charge < -0.3 is 47.9 Å². The fraction of sp³-hybridized carbons (Fsp3) is 0.226. The number of rotatable bonds is 20. The van der Waals surface area contributed by atoms with E-state index in [9.17, 15) is 4.79 Å². The van der Waals surface area contributed by atoms with Crippen LogP contribution in [-0.2, 0) is 36.7 Å². The number of halogens is 1. The molecule has 1 aliphatic heterocycles. The van der Waals surface area contributed by atoms with Gasteiger partial charge in [-0.2, -0.15) is 9.97 Å². The van der Waals surface area contributed by atoms with Crippen LogP contribution in [0.2, 0.25) is 0 Å². The highest BCUT2D eigenvalue weighted by Crippen LogP contribution is 2.48. The molecular weight excluding hydrogens is 994 g/mol. The van der Waals surface area contributed by atoms with Gasteiger partial charge in [-0.25, -0.2) is 14.2 Å². The van der Waals surface area contributed by atoms with Gasteiger partial charge in [-0.1, -0.05) is 140 Å². The largest absolute Gasteiger partial charge is 0.509 e. The lowest BCUT2D eigenvalue weighted by atomic mass is 9.77. The molecule has 0 spiro atoms. The lowest BCUT2D eigenvalue weighted by Crippen LogP contribution is -2.45. The molecule has 0 radical (unpaired) electrons. The van der Waals surface area contributed by atoms with Crippen LogP contribution in [0, 0.1) is 0 Å². The van der Waals surface area contributed by atoms with Gasteiger partial charge in [-0.15, -0.1) is 0 Å². The number of ether oxygens (including phenoxy) is 9. The molecule has 0 aliphatic carbocycles. The minimum absolute atomic E-state index is 0.0926. The van der Waals surface area contributed by atoms with Gasteiger partial charge in [0.05, 0.1) is 48.5 Å². The number of alkyl halides is 1. The predicted molar refractivity (Wildman–Crippen MR) is 291 cm³/mol. The molecule has 0 unspecified atom stereocenters. The Labute approximate surface area is 451 Å². The second-order valence-corrected chi connectivity index (χ2v) is 18.6. The predicted octanol–water partition coefficient (Wildman–Crippen LogP) is 11.6. The summed E-state index contributed by atoms with van der Waals surface area (Å²) in [5, 5.41) is 3.70. The molecule has 0 saturated carbocycles. The highest BCUT2D eigenvalue weighted by atomic mass is 19.1. The van der Waals surface area contributed by atoms with Crippen molar-refractivity contribution in [3.8, 4) is 28.9 Å². The van der Waals surface area contributed by atoms with Crippen LogP contribution < -0.4 is 29.0 Å². The van der Waals surface area contributed by atoms with E-state index in [0.717, 1.165) is 33.4 Å². The SMILES string of the molecule is COc1ccc(C(Nc2nc(OC)c3ncn([C@@H]4O[C@H](COC(c5ccccc5)(c5ccc(OC)cc5)c5ccc(OC)cc5)[C@@H](OC(=O)OCc5ccccc5)[C@@]4(C)F)c3n2)(c2ccccc2)c2ccc(OC)cc2)cc1. The minimum atomic E-state index is -2.51. The van der Waals surface area contributed by atoms with Crippen LogP contribution in [0.15, 0.2) is 194 Å². The van der Waals surface area contributed by atoms with Gasteiger partial charge in [0.2, 0.25) is 11.8 Å². The minimum Gasteiger partial charge on any atom is -0.497 e. The van der Waals surface area contributed by atoms with Gasteiger partial charge in [0.15, 0.2) is 29.2 Å². The Morgan fingerprint density at radius 1 is 0.603 bits per heavy atom. The Hall–Kier alpha value is -8.99. The number of hydrogen-bond donors (Lipinski definition) is 1. The van der Waals surface area contributed by atoms with Gasteiger partial charge >= 0.3 is 6.16 Å². The number of nitrogens with zero attached hydrogens (tertiary/aromatic N) is 4. The topological polar surface area (TPSA) is 156 Å². The highest BCUT2D eigenvalue weighted by molar-refractivity contribution is 5.78. The van der Waals surface area contributed by atoms with Gasteiger partial charge in [0.25, 0.3) is 0 Å². The zero-order valence-corrected chi connectivity index (χ0v) is 43.9. The standard InChI is InChI=1S/C62H58FN5O10/c1-60(63)54(78-59(69)75-38-41-16-10-7-11-17-41)52(39-76-62(45-20-14-9-15-21-45,46-26-34-50(72-4)35-27-46)47-28-36-51(73-5)37-29-47)77-57(60)68-40-64-53-55(68)65-58(66-56(53)74-6)67-61(42-18-12-8-13-19-42,43-22-30-48(70-2)31-23-43)44-24-32-49(71-3)33-25-44/h7-37,40,52,54,57H,38-39H2,1-6H3,(H,65,66,67)/t52-,54-,57-,60-/m1/s1. The second kappa shape index (κ2) is 22.7. The third-order valence-electron chi connectivity index (χ3n) is 14.1. The molecule has 398 valence electrons. The maximum absolute atomic E-state index is 18.6. The van der Waals surface area contributed by atoms with Gasteiger partial charge in [-0.3, -0.25) is 4.57 Å². The van der Waals surface area contributed by atoms with E-state index in [4.69, 9.17) is 52.6 Å². The molecule has 9 aromatic rings. The van der Waals surface area contributed by atoms with Crippen LogP contribution in [-0.4, -0.2) is 85.7 Å². The number of nitrogens with one attached hydrogen (secondary N) is 1. The van der Waals surface area contributed by atoms with E-state index in [2.05, 4.69) is 10.3 Å². The number of anilines is 1. The van der Waals surface area contributed by atoms with E-state index in [1.54, 1.807) is 40.6 Å². The van der Waals surface area contributed by atoms with Crippen LogP contribution in [0.4, 0.5) is 15.1 Å². The molecule has 7 aromatic carbocycles. The Morgan fingerprint density at radius 3 is 1.54 bits per heavy atom. The van der Waals surface area contributed by atoms with Crippen LogP contribution in [0.3, 0.4) is 0 Å². The summed E-state index contributed by atoms with van der Waals surface area (Å²) in [7, 11) is 7.88. The summed E-state index contributed by atoms with van der Waals surface area (Å²) < 4.78 is 74.1. The summed E-state index contributed by atoms with van der Waals surface area (Å²) >= 11 is 0. The Morgan fingerprint density at radius 2 is 1.05 bits per heavy atom. The van der Waals surface area contributed by atoms with Crippen molar-refractivity contribution in [2.24, 2.45) is 0 Å². The van der Waals surface area contributed by atoms with Crippen LogP contribution >= 0.6 is 0 Å². The van der Waals surface area contributed by atoms with Crippen molar-refractivity contribution < 1.29 is 51.8 Å². The molecule has 0 bridgehead atoms. The molecular formula is C62H58FN5O10. The summed E-state index contributed by atoms with van der Waals surface area (Å²) in [5.41, 5.74) is 0.689. The summed E-state index contributed by atoms with van der Waals surface area (Å²) in [5.74, 6) is 2.77. The molecule has 1 saturated heterocycles. The fourth-order valence-electron chi connectivity index (χ4n) is 10.2. The normalized spacial score (nSPS) is 17.2. The first-order chi connectivity index (χ1) is 38.0. The van der Waals surface area contributed by atoms with Crippen molar-refractivity contribution in [1.82, 2.24) is 19.5 Å². The van der Waals surface area contributed by atoms with Gasteiger partial charge in [-0.05, 0) is 94.4 Å². The van der Waals surface area contributed by atoms with E-state index < -0.39 is 41.4 Å². The first-order valence-electron chi connectivity index (χ1n) is 25.2. The van der Waals surface area contributed by atoms with Gasteiger partial charge in [0, 0.05) is 0 Å². The Balaban J connectivity index is 1.09. The molecule has 16 heteroatoms. The first-order valence-corrected chi connectivity index (χ1v) is 25.2. The maximum atomic E-state index is 18.6. The molecule has 1 aliphatic rings. The molecule has 0 amide bonds. The van der Waals surface area contributed by atoms with Crippen molar-refractivity contribution in [3.63, 3.8) is 0 Å². The first kappa shape index (κ1) is 52.5. The van der Waals surface area contributed by atoms with E-state index in [1.807, 2.05) is 176 Å². The zero-order chi connectivity index (χ0) is 54.3. The second-order valence-electron chi connectivity index (χ2n) is 18.6. The molecule has 10 rings (SSSR count). The molecule has 4 atom stereocenters. The average molecular weight is 1050 g/mol. The number of hydrogen-bond acceptors (Lipinski definition) is 14. The summed E-state index contributed by atoms with van der Waals surface area (Å²) in [6, 6.07) is 59.0. The number of aromatic nitrogens is 4. The maximum Gasteiger partial charge on any atom is 0.509 e. The molecule has 1 fully saturated rings. The molecule has 15 nitrogen and oxygen atoms in total. The van der Waals surface area contributed by atoms with E-state index >= 15 is 4.39 Å². The fourth-order valence-corrected chi connectivity index (χ4v) is 10.2. The van der Waals surface area contributed by atoms with Crippen LogP contribution in [0.25, 0.3) is 11.2 Å². The smallest absolute Gasteiger partial charge is 0.497 e. The van der Waals surface area contributed by atoms with Crippen molar-refractivity contribution in [3.05, 3.63) is 233 Å². The van der Waals surface area contributed by atoms with E-state index in [-0.39, 0.29) is 36.2 Å². The Bertz CT molecular complexity index is 3330. The van der Waals surface area contributed by atoms with Crippen LogP contribution in [0.1, 0.15) is 52.1 Å². The Kier molecular flexibility index (Phi) is 15.3. The number of carbonyl (C=O) groups excluding carboxylic acids is 1. The molecule has 78 heavy (non-hydrogen) atoms. The van der Waals surface area contributed by atoms with Crippen molar-refractivity contribution in [2.75, 3.05) is 47.5 Å². The van der Waals surface area contributed by atoms with Crippen molar-refractivity contribution >= 4 is 23.3 Å². The molecule has 1 N–H and O–H groups in total. The third-order valence-corrected chi connectivity index (χ3v) is 14.1. The van der Waals surface area contributed by atoms with Crippen LogP contribution in [0.5, 0.6) is 28.9 Å². The number of fused-ring (bicyclic) bond motifs is 1. The molecule has 3 heterocycles. The lowest BCUT2D eigenvalue weighted by molar-refractivity contribution is -0.0990. The summed E-state index contributed by atoms with van der Waals surface area (Å²) in [6.07, 6.45) is -4.14. The third kappa shape index (κ3) is 10.1. The number of benzene rings is 7. The highest BCUT2D eigenvalue weighted by Gasteiger charge is 2.59.